The summed E-state index contributed by atoms with van der Waals surface area (Å²) in [6, 6.07) is 3.61. The van der Waals surface area contributed by atoms with Crippen LogP contribution in [0.3, 0.4) is 0 Å². The van der Waals surface area contributed by atoms with Crippen LogP contribution in [0.4, 0.5) is 0 Å². The van der Waals surface area contributed by atoms with Crippen LogP contribution >= 0.6 is 24.0 Å². The molecule has 0 bridgehead atoms. The van der Waals surface area contributed by atoms with Crippen LogP contribution in [0.25, 0.3) is 0 Å². The molecule has 0 spiro atoms. The molecule has 0 saturated heterocycles. The molecule has 0 unspecified atom stereocenters. The monoisotopic (exact) mass is 384 g/mol. The third kappa shape index (κ3) is 3.53. The highest BCUT2D eigenvalue weighted by atomic mass is 35.5. The molecule has 9 heteroatoms. The lowest BCUT2D eigenvalue weighted by Gasteiger charge is -2.20. The number of hydrogen-bond acceptors (Lipinski definition) is 5. The minimum atomic E-state index is -0.206. The Morgan fingerprint density at radius 3 is 3.04 bits per heavy atom. The van der Waals surface area contributed by atoms with Crippen molar-refractivity contribution in [1.29, 1.82) is 0 Å². The van der Waals surface area contributed by atoms with Crippen LogP contribution in [0.15, 0.2) is 12.1 Å². The molecule has 1 aromatic heterocycles. The average Bonchev–Trinajstić information content (AvgIpc) is 3.04. The zero-order valence-electron chi connectivity index (χ0n) is 13.4. The topological polar surface area (TPSA) is 88.3 Å². The number of benzene rings is 1. The first-order valence-electron chi connectivity index (χ1n) is 7.85. The summed E-state index contributed by atoms with van der Waals surface area (Å²) in [5.74, 6) is 0.965. The van der Waals surface area contributed by atoms with Gasteiger partial charge in [-0.25, -0.2) is 0 Å². The minimum Gasteiger partial charge on any atom is -0.486 e. The van der Waals surface area contributed by atoms with Crippen molar-refractivity contribution in [1.82, 2.24) is 20.8 Å². The highest BCUT2D eigenvalue weighted by Gasteiger charge is 2.22. The average molecular weight is 385 g/mol. The maximum Gasteiger partial charge on any atom is 0.272 e. The fraction of sp³-hybridized carbons (Fsp3) is 0.375. The summed E-state index contributed by atoms with van der Waals surface area (Å²) < 4.78 is 11.0. The number of rotatable bonds is 3. The van der Waals surface area contributed by atoms with E-state index in [0.29, 0.717) is 48.5 Å². The van der Waals surface area contributed by atoms with E-state index >= 15 is 0 Å². The number of carbonyl (C=O) groups is 1. The Morgan fingerprint density at radius 1 is 1.32 bits per heavy atom. The number of nitrogens with one attached hydrogen (secondary N) is 3. The van der Waals surface area contributed by atoms with Crippen LogP contribution in [0.1, 0.15) is 27.3 Å². The molecule has 0 fully saturated rings. The number of amides is 1. The number of carbonyl (C=O) groups excluding carboxylic acids is 1. The Balaban J connectivity index is 0.00000182. The second-order valence-electron chi connectivity index (χ2n) is 5.74. The summed E-state index contributed by atoms with van der Waals surface area (Å²) >= 11 is 6.21. The Hall–Kier alpha value is -1.96. The van der Waals surface area contributed by atoms with Crippen molar-refractivity contribution < 1.29 is 14.3 Å². The summed E-state index contributed by atoms with van der Waals surface area (Å²) in [7, 11) is 0. The van der Waals surface area contributed by atoms with Crippen molar-refractivity contribution in [2.24, 2.45) is 0 Å². The number of halogens is 2. The van der Waals surface area contributed by atoms with Crippen molar-refractivity contribution in [3.05, 3.63) is 39.7 Å². The van der Waals surface area contributed by atoms with E-state index in [1.165, 1.54) is 0 Å². The zero-order chi connectivity index (χ0) is 16.5. The molecule has 7 nitrogen and oxygen atoms in total. The van der Waals surface area contributed by atoms with Gasteiger partial charge in [-0.15, -0.1) is 12.4 Å². The molecule has 3 heterocycles. The van der Waals surface area contributed by atoms with Crippen molar-refractivity contribution in [2.45, 2.75) is 19.5 Å². The normalized spacial score (nSPS) is 15.1. The molecule has 2 aliphatic rings. The lowest BCUT2D eigenvalue weighted by molar-refractivity contribution is 0.0944. The molecule has 1 amide bonds. The van der Waals surface area contributed by atoms with Crippen LogP contribution < -0.4 is 20.1 Å². The number of fused-ring (bicyclic) bond motifs is 2. The number of ether oxygens (including phenoxy) is 2. The minimum absolute atomic E-state index is 0. The number of aromatic amines is 1. The van der Waals surface area contributed by atoms with Gasteiger partial charge < -0.3 is 20.1 Å². The Kier molecular flexibility index (Phi) is 5.36. The second-order valence-corrected chi connectivity index (χ2v) is 6.15. The number of H-pyrrole nitrogens is 1. The summed E-state index contributed by atoms with van der Waals surface area (Å²) in [4.78, 5) is 12.4. The SMILES string of the molecule is Cl.O=C(NCc1cc(Cl)c2c(c1)OCCO2)c1n[nH]c2c1CNCC2. The van der Waals surface area contributed by atoms with Crippen molar-refractivity contribution in [2.75, 3.05) is 19.8 Å². The van der Waals surface area contributed by atoms with Gasteiger partial charge in [-0.2, -0.15) is 5.10 Å². The van der Waals surface area contributed by atoms with Gasteiger partial charge in [0.1, 0.15) is 13.2 Å². The van der Waals surface area contributed by atoms with Gasteiger partial charge in [0.25, 0.3) is 5.91 Å². The van der Waals surface area contributed by atoms with Gasteiger partial charge in [-0.3, -0.25) is 9.89 Å². The summed E-state index contributed by atoms with van der Waals surface area (Å²) in [5, 5.41) is 13.7. The molecule has 4 rings (SSSR count). The first-order valence-corrected chi connectivity index (χ1v) is 8.23. The Bertz CT molecular complexity index is 794. The van der Waals surface area contributed by atoms with E-state index in [-0.39, 0.29) is 18.3 Å². The molecule has 0 radical (unpaired) electrons. The first-order chi connectivity index (χ1) is 11.7. The highest BCUT2D eigenvalue weighted by molar-refractivity contribution is 6.32. The van der Waals surface area contributed by atoms with Gasteiger partial charge in [0.15, 0.2) is 17.2 Å². The van der Waals surface area contributed by atoms with Gasteiger partial charge in [-0.05, 0) is 17.7 Å². The summed E-state index contributed by atoms with van der Waals surface area (Å²) in [6.45, 7) is 2.87. The molecule has 25 heavy (non-hydrogen) atoms. The molecular weight excluding hydrogens is 367 g/mol. The van der Waals surface area contributed by atoms with E-state index in [9.17, 15) is 4.79 Å². The van der Waals surface area contributed by atoms with E-state index in [1.54, 1.807) is 6.07 Å². The molecule has 134 valence electrons. The molecular formula is C16H18Cl2N4O3. The first kappa shape index (κ1) is 17.8. The van der Waals surface area contributed by atoms with Gasteiger partial charge in [-0.1, -0.05) is 11.6 Å². The van der Waals surface area contributed by atoms with Crippen LogP contribution in [-0.2, 0) is 19.5 Å². The quantitative estimate of drug-likeness (QED) is 0.751. The van der Waals surface area contributed by atoms with Gasteiger partial charge in [0, 0.05) is 37.3 Å². The smallest absolute Gasteiger partial charge is 0.272 e. The predicted octanol–water partition coefficient (Wildman–Crippen LogP) is 1.83. The second kappa shape index (κ2) is 7.51. The van der Waals surface area contributed by atoms with Gasteiger partial charge >= 0.3 is 0 Å². The van der Waals surface area contributed by atoms with E-state index < -0.39 is 0 Å². The van der Waals surface area contributed by atoms with Crippen LogP contribution in [0.5, 0.6) is 11.5 Å². The largest absolute Gasteiger partial charge is 0.486 e. The van der Waals surface area contributed by atoms with E-state index in [4.69, 9.17) is 21.1 Å². The number of hydrogen-bond donors (Lipinski definition) is 3. The molecule has 0 atom stereocenters. The Morgan fingerprint density at radius 2 is 2.16 bits per heavy atom. The molecule has 2 aliphatic heterocycles. The standard InChI is InChI=1S/C16H17ClN4O3.ClH/c17-11-5-9(6-13-15(11)24-4-3-23-13)7-19-16(22)14-10-8-18-2-1-12(10)20-21-14;/h5-6,18H,1-4,7-8H2,(H,19,22)(H,20,21);1H. The molecule has 0 aliphatic carbocycles. The third-order valence-electron chi connectivity index (χ3n) is 4.13. The van der Waals surface area contributed by atoms with E-state index in [1.807, 2.05) is 6.07 Å². The fourth-order valence-electron chi connectivity index (χ4n) is 2.95. The maximum absolute atomic E-state index is 12.4. The lowest BCUT2D eigenvalue weighted by Crippen LogP contribution is -2.28. The zero-order valence-corrected chi connectivity index (χ0v) is 14.9. The molecule has 1 aromatic carbocycles. The van der Waals surface area contributed by atoms with Crippen LogP contribution in [-0.4, -0.2) is 35.9 Å². The van der Waals surface area contributed by atoms with Gasteiger partial charge in [0.2, 0.25) is 0 Å². The third-order valence-corrected chi connectivity index (χ3v) is 4.41. The van der Waals surface area contributed by atoms with Gasteiger partial charge in [0.05, 0.1) is 5.02 Å². The predicted molar refractivity (Wildman–Crippen MR) is 94.9 cm³/mol. The number of nitrogens with zero attached hydrogens (tertiary/aromatic N) is 1. The van der Waals surface area contributed by atoms with Crippen molar-refractivity contribution >= 4 is 29.9 Å². The molecule has 3 N–H and O–H groups in total. The van der Waals surface area contributed by atoms with Crippen molar-refractivity contribution in [3.63, 3.8) is 0 Å². The fourth-order valence-corrected chi connectivity index (χ4v) is 3.23. The van der Waals surface area contributed by atoms with Crippen molar-refractivity contribution in [3.8, 4) is 11.5 Å². The lowest BCUT2D eigenvalue weighted by atomic mass is 10.1. The summed E-state index contributed by atoms with van der Waals surface area (Å²) in [6.07, 6.45) is 0.855. The van der Waals surface area contributed by atoms with E-state index in [2.05, 4.69) is 20.8 Å². The molecule has 0 saturated carbocycles. The van der Waals surface area contributed by atoms with Crippen LogP contribution in [0, 0.1) is 0 Å². The van der Waals surface area contributed by atoms with Crippen LogP contribution in [0.2, 0.25) is 5.02 Å². The Labute approximate surface area is 155 Å². The summed E-state index contributed by atoms with van der Waals surface area (Å²) in [5.41, 5.74) is 3.26. The molecule has 2 aromatic rings. The highest BCUT2D eigenvalue weighted by Crippen LogP contribution is 2.38. The maximum atomic E-state index is 12.4. The van der Waals surface area contributed by atoms with E-state index in [0.717, 1.165) is 29.8 Å². The number of aromatic nitrogens is 2.